The van der Waals surface area contributed by atoms with E-state index in [-0.39, 0.29) is 0 Å². The molecule has 90 valence electrons. The van der Waals surface area contributed by atoms with Gasteiger partial charge in [-0.15, -0.1) is 11.3 Å². The van der Waals surface area contributed by atoms with Crippen molar-refractivity contribution in [3.8, 4) is 0 Å². The molecule has 0 aliphatic heterocycles. The summed E-state index contributed by atoms with van der Waals surface area (Å²) in [6.07, 6.45) is 0. The van der Waals surface area contributed by atoms with Crippen molar-refractivity contribution in [3.63, 3.8) is 0 Å². The van der Waals surface area contributed by atoms with E-state index in [4.69, 9.17) is 0 Å². The maximum absolute atomic E-state index is 4.47. The Bertz CT molecular complexity index is 517. The second-order valence-corrected chi connectivity index (χ2v) is 5.65. The van der Waals surface area contributed by atoms with Crippen LogP contribution in [0, 0.1) is 20.8 Å². The number of nitrogens with zero attached hydrogens (tertiary/aromatic N) is 1. The highest BCUT2D eigenvalue weighted by Gasteiger charge is 2.12. The van der Waals surface area contributed by atoms with Crippen molar-refractivity contribution in [1.82, 2.24) is 4.98 Å². The number of hydrogen-bond acceptors (Lipinski definition) is 3. The van der Waals surface area contributed by atoms with Crippen LogP contribution < -0.4 is 5.32 Å². The maximum atomic E-state index is 4.47. The fourth-order valence-electron chi connectivity index (χ4n) is 2.00. The van der Waals surface area contributed by atoms with Crippen molar-refractivity contribution in [2.45, 2.75) is 33.7 Å². The zero-order valence-electron chi connectivity index (χ0n) is 10.7. The highest BCUT2D eigenvalue weighted by atomic mass is 32.1. The first-order chi connectivity index (χ1) is 8.06. The molecule has 0 aliphatic rings. The van der Waals surface area contributed by atoms with Crippen LogP contribution in [0.25, 0.3) is 0 Å². The Morgan fingerprint density at radius 2 is 2.00 bits per heavy atom. The van der Waals surface area contributed by atoms with E-state index in [0.29, 0.717) is 6.04 Å². The van der Waals surface area contributed by atoms with Gasteiger partial charge < -0.3 is 5.32 Å². The van der Waals surface area contributed by atoms with Crippen LogP contribution >= 0.6 is 11.3 Å². The molecule has 1 N–H and O–H groups in total. The Morgan fingerprint density at radius 3 is 2.59 bits per heavy atom. The molecule has 1 atom stereocenters. The Labute approximate surface area is 107 Å². The normalized spacial score (nSPS) is 12.5. The van der Waals surface area contributed by atoms with Crippen LogP contribution in [0.5, 0.6) is 0 Å². The Balaban J connectivity index is 2.16. The lowest BCUT2D eigenvalue weighted by atomic mass is 10.2. The smallest absolute Gasteiger partial charge is 0.0900 e. The van der Waals surface area contributed by atoms with Gasteiger partial charge in [-0.25, -0.2) is 4.98 Å². The molecule has 0 amide bonds. The SMILES string of the molecule is Cc1cccc(NC(C)c2sc(C)nc2C)c1. The van der Waals surface area contributed by atoms with Gasteiger partial charge in [0.05, 0.1) is 16.7 Å². The molecule has 3 heteroatoms. The fraction of sp³-hybridized carbons (Fsp3) is 0.357. The summed E-state index contributed by atoms with van der Waals surface area (Å²) in [6.45, 7) is 8.42. The third-order valence-electron chi connectivity index (χ3n) is 2.73. The van der Waals surface area contributed by atoms with Gasteiger partial charge in [-0.05, 0) is 45.4 Å². The molecule has 0 bridgehead atoms. The number of aromatic nitrogens is 1. The number of anilines is 1. The first-order valence-electron chi connectivity index (χ1n) is 5.83. The van der Waals surface area contributed by atoms with Gasteiger partial charge in [0, 0.05) is 10.6 Å². The average Bonchev–Trinajstić information content (AvgIpc) is 2.58. The molecule has 2 aromatic rings. The first kappa shape index (κ1) is 12.1. The van der Waals surface area contributed by atoms with E-state index >= 15 is 0 Å². The monoisotopic (exact) mass is 246 g/mol. The lowest BCUT2D eigenvalue weighted by Crippen LogP contribution is -2.06. The van der Waals surface area contributed by atoms with Crippen LogP contribution in [-0.4, -0.2) is 4.98 Å². The lowest BCUT2D eigenvalue weighted by Gasteiger charge is -2.14. The molecule has 0 fully saturated rings. The number of hydrogen-bond donors (Lipinski definition) is 1. The molecule has 0 radical (unpaired) electrons. The van der Waals surface area contributed by atoms with E-state index in [0.717, 1.165) is 10.7 Å². The van der Waals surface area contributed by atoms with Crippen molar-refractivity contribution in [2.24, 2.45) is 0 Å². The molecule has 17 heavy (non-hydrogen) atoms. The summed E-state index contributed by atoms with van der Waals surface area (Å²) < 4.78 is 0. The fourth-order valence-corrected chi connectivity index (χ4v) is 2.93. The van der Waals surface area contributed by atoms with Crippen molar-refractivity contribution in [1.29, 1.82) is 0 Å². The number of thiazole rings is 1. The summed E-state index contributed by atoms with van der Waals surface area (Å²) in [5.41, 5.74) is 3.59. The molecule has 2 rings (SSSR count). The van der Waals surface area contributed by atoms with E-state index in [2.05, 4.69) is 62.3 Å². The van der Waals surface area contributed by atoms with E-state index < -0.39 is 0 Å². The van der Waals surface area contributed by atoms with Crippen molar-refractivity contribution >= 4 is 17.0 Å². The van der Waals surface area contributed by atoms with Gasteiger partial charge in [0.1, 0.15) is 0 Å². The van der Waals surface area contributed by atoms with Crippen LogP contribution in [0.4, 0.5) is 5.69 Å². The predicted octanol–water partition coefficient (Wildman–Crippen LogP) is 4.24. The van der Waals surface area contributed by atoms with Crippen molar-refractivity contribution < 1.29 is 0 Å². The summed E-state index contributed by atoms with van der Waals surface area (Å²) >= 11 is 1.77. The van der Waals surface area contributed by atoms with Crippen LogP contribution in [0.2, 0.25) is 0 Å². The molecular weight excluding hydrogens is 228 g/mol. The Kier molecular flexibility index (Phi) is 3.48. The highest BCUT2D eigenvalue weighted by molar-refractivity contribution is 7.11. The number of benzene rings is 1. The molecule has 2 nitrogen and oxygen atoms in total. The minimum absolute atomic E-state index is 0.308. The highest BCUT2D eigenvalue weighted by Crippen LogP contribution is 2.27. The van der Waals surface area contributed by atoms with Crippen LogP contribution in [0.1, 0.15) is 34.1 Å². The molecule has 0 saturated heterocycles. The van der Waals surface area contributed by atoms with Crippen LogP contribution in [0.15, 0.2) is 24.3 Å². The second-order valence-electron chi connectivity index (χ2n) is 4.42. The van der Waals surface area contributed by atoms with E-state index in [1.165, 1.54) is 16.1 Å². The van der Waals surface area contributed by atoms with Gasteiger partial charge in [0.25, 0.3) is 0 Å². The summed E-state index contributed by atoms with van der Waals surface area (Å²) in [5, 5.41) is 4.66. The molecule has 1 aromatic carbocycles. The van der Waals surface area contributed by atoms with Gasteiger partial charge in [0.2, 0.25) is 0 Å². The summed E-state index contributed by atoms with van der Waals surface area (Å²) in [5.74, 6) is 0. The Morgan fingerprint density at radius 1 is 1.24 bits per heavy atom. The zero-order valence-corrected chi connectivity index (χ0v) is 11.6. The van der Waals surface area contributed by atoms with Gasteiger partial charge in [-0.2, -0.15) is 0 Å². The molecule has 0 aliphatic carbocycles. The average molecular weight is 246 g/mol. The lowest BCUT2D eigenvalue weighted by molar-refractivity contribution is 0.889. The summed E-state index contributed by atoms with van der Waals surface area (Å²) in [6, 6.07) is 8.77. The van der Waals surface area contributed by atoms with Crippen molar-refractivity contribution in [3.05, 3.63) is 45.4 Å². The third-order valence-corrected chi connectivity index (χ3v) is 3.99. The molecule has 0 saturated carbocycles. The summed E-state index contributed by atoms with van der Waals surface area (Å²) in [7, 11) is 0. The van der Waals surface area contributed by atoms with Crippen molar-refractivity contribution in [2.75, 3.05) is 5.32 Å². The molecular formula is C14H18N2S. The first-order valence-corrected chi connectivity index (χ1v) is 6.65. The zero-order chi connectivity index (χ0) is 12.4. The largest absolute Gasteiger partial charge is 0.378 e. The maximum Gasteiger partial charge on any atom is 0.0900 e. The topological polar surface area (TPSA) is 24.9 Å². The van der Waals surface area contributed by atoms with Crippen LogP contribution in [0.3, 0.4) is 0 Å². The minimum Gasteiger partial charge on any atom is -0.378 e. The number of nitrogens with one attached hydrogen (secondary N) is 1. The number of aryl methyl sites for hydroxylation is 3. The van der Waals surface area contributed by atoms with Crippen LogP contribution in [-0.2, 0) is 0 Å². The standard InChI is InChI=1S/C14H18N2S/c1-9-6-5-7-13(8-9)16-11(3)14-10(2)15-12(4)17-14/h5-8,11,16H,1-4H3. The Hall–Kier alpha value is -1.35. The molecule has 1 heterocycles. The minimum atomic E-state index is 0.308. The molecule has 1 aromatic heterocycles. The molecule has 0 spiro atoms. The van der Waals surface area contributed by atoms with E-state index in [1.807, 2.05) is 0 Å². The van der Waals surface area contributed by atoms with E-state index in [1.54, 1.807) is 11.3 Å². The van der Waals surface area contributed by atoms with Gasteiger partial charge in [-0.3, -0.25) is 0 Å². The second kappa shape index (κ2) is 4.88. The van der Waals surface area contributed by atoms with Gasteiger partial charge >= 0.3 is 0 Å². The molecule has 1 unspecified atom stereocenters. The van der Waals surface area contributed by atoms with E-state index in [9.17, 15) is 0 Å². The third kappa shape index (κ3) is 2.86. The van der Waals surface area contributed by atoms with Gasteiger partial charge in [0.15, 0.2) is 0 Å². The number of rotatable bonds is 3. The van der Waals surface area contributed by atoms with Gasteiger partial charge in [-0.1, -0.05) is 12.1 Å². The summed E-state index contributed by atoms with van der Waals surface area (Å²) in [4.78, 5) is 5.79. The predicted molar refractivity (Wildman–Crippen MR) is 74.8 cm³/mol. The quantitative estimate of drug-likeness (QED) is 0.876.